The SMILES string of the molecule is O=C(OCCOCCOCCOCCOCCOCCOCCOCCOCCOCCOCCN1C(=O)c2ccccc2C1=O)C(=O)c1ccccc1. The van der Waals surface area contributed by atoms with Crippen LogP contribution in [0.2, 0.25) is 0 Å². The Kier molecular flexibility index (Phi) is 24.6. The van der Waals surface area contributed by atoms with Gasteiger partial charge in [0.05, 0.1) is 150 Å². The van der Waals surface area contributed by atoms with Crippen molar-refractivity contribution in [2.45, 2.75) is 0 Å². The Morgan fingerprint density at radius 2 is 0.685 bits per heavy atom. The Bertz CT molecular complexity index is 1290. The van der Waals surface area contributed by atoms with Gasteiger partial charge in [-0.3, -0.25) is 19.3 Å². The zero-order valence-corrected chi connectivity index (χ0v) is 30.8. The zero-order valence-electron chi connectivity index (χ0n) is 30.8. The van der Waals surface area contributed by atoms with E-state index >= 15 is 0 Å². The van der Waals surface area contributed by atoms with Gasteiger partial charge >= 0.3 is 5.97 Å². The Hall–Kier alpha value is -3.68. The third-order valence-corrected chi connectivity index (χ3v) is 7.37. The number of ketones is 1. The highest BCUT2D eigenvalue weighted by atomic mass is 16.6. The molecule has 1 aliphatic rings. The van der Waals surface area contributed by atoms with Crippen LogP contribution in [0.25, 0.3) is 0 Å². The maximum absolute atomic E-state index is 12.3. The van der Waals surface area contributed by atoms with Crippen LogP contribution in [0.4, 0.5) is 0 Å². The van der Waals surface area contributed by atoms with Gasteiger partial charge in [-0.2, -0.15) is 0 Å². The van der Waals surface area contributed by atoms with Gasteiger partial charge in [0.1, 0.15) is 6.61 Å². The number of hydrogen-bond acceptors (Lipinski definition) is 15. The van der Waals surface area contributed by atoms with E-state index in [9.17, 15) is 19.2 Å². The van der Waals surface area contributed by atoms with Crippen molar-refractivity contribution in [3.8, 4) is 0 Å². The lowest BCUT2D eigenvalue weighted by Crippen LogP contribution is -2.33. The third-order valence-electron chi connectivity index (χ3n) is 7.37. The number of ether oxygens (including phenoxy) is 11. The van der Waals surface area contributed by atoms with E-state index in [0.717, 1.165) is 0 Å². The fourth-order valence-electron chi connectivity index (χ4n) is 4.65. The first-order valence-corrected chi connectivity index (χ1v) is 18.1. The topological polar surface area (TPSA) is 173 Å². The minimum atomic E-state index is -0.904. The van der Waals surface area contributed by atoms with Crippen LogP contribution in [-0.4, -0.2) is 174 Å². The van der Waals surface area contributed by atoms with Crippen molar-refractivity contribution in [1.82, 2.24) is 4.90 Å². The van der Waals surface area contributed by atoms with E-state index < -0.39 is 11.8 Å². The van der Waals surface area contributed by atoms with Crippen molar-refractivity contribution in [2.75, 3.05) is 145 Å². The molecule has 54 heavy (non-hydrogen) atoms. The second-order valence-corrected chi connectivity index (χ2v) is 11.3. The molecule has 0 spiro atoms. The maximum atomic E-state index is 12.3. The lowest BCUT2D eigenvalue weighted by atomic mass is 10.1. The van der Waals surface area contributed by atoms with E-state index in [2.05, 4.69) is 0 Å². The van der Waals surface area contributed by atoms with Crippen molar-refractivity contribution in [1.29, 1.82) is 0 Å². The normalized spacial score (nSPS) is 12.4. The predicted octanol–water partition coefficient (Wildman–Crippen LogP) is 1.87. The van der Waals surface area contributed by atoms with Crippen molar-refractivity contribution >= 4 is 23.6 Å². The smallest absolute Gasteiger partial charge is 0.379 e. The van der Waals surface area contributed by atoms with Crippen molar-refractivity contribution in [3.05, 3.63) is 71.3 Å². The molecule has 2 aromatic rings. The molecule has 0 radical (unpaired) electrons. The molecule has 16 nitrogen and oxygen atoms in total. The summed E-state index contributed by atoms with van der Waals surface area (Å²) < 4.78 is 59.4. The molecule has 1 heterocycles. The van der Waals surface area contributed by atoms with Crippen LogP contribution in [-0.2, 0) is 56.9 Å². The highest BCUT2D eigenvalue weighted by molar-refractivity contribution is 6.40. The molecule has 0 unspecified atom stereocenters. The van der Waals surface area contributed by atoms with Gasteiger partial charge in [-0.15, -0.1) is 0 Å². The number of carbonyl (C=O) groups is 4. The number of hydrogen-bond donors (Lipinski definition) is 0. The van der Waals surface area contributed by atoms with Gasteiger partial charge in [0.15, 0.2) is 0 Å². The van der Waals surface area contributed by atoms with E-state index in [1.54, 1.807) is 54.6 Å². The minimum absolute atomic E-state index is 0.0112. The molecule has 0 aromatic heterocycles. The van der Waals surface area contributed by atoms with Gasteiger partial charge in [-0.25, -0.2) is 4.79 Å². The van der Waals surface area contributed by atoms with Gasteiger partial charge in [-0.05, 0) is 12.1 Å². The summed E-state index contributed by atoms with van der Waals surface area (Å²) in [5, 5.41) is 0. The Balaban J connectivity index is 0.924. The Morgan fingerprint density at radius 1 is 0.389 bits per heavy atom. The van der Waals surface area contributed by atoms with Gasteiger partial charge in [0.25, 0.3) is 17.6 Å². The second-order valence-electron chi connectivity index (χ2n) is 11.3. The Labute approximate surface area is 316 Å². The summed E-state index contributed by atoms with van der Waals surface area (Å²) in [5.41, 5.74) is 1.16. The number of rotatable bonds is 35. The van der Waals surface area contributed by atoms with Gasteiger partial charge < -0.3 is 52.1 Å². The van der Waals surface area contributed by atoms with E-state index in [0.29, 0.717) is 130 Å². The van der Waals surface area contributed by atoms with Crippen LogP contribution in [0.15, 0.2) is 54.6 Å². The number of imide groups is 1. The monoisotopic (exact) mass is 763 g/mol. The fraction of sp³-hybridized carbons (Fsp3) is 0.579. The highest BCUT2D eigenvalue weighted by Gasteiger charge is 2.34. The summed E-state index contributed by atoms with van der Waals surface area (Å²) in [5.74, 6) is -2.16. The zero-order chi connectivity index (χ0) is 38.3. The largest absolute Gasteiger partial charge is 0.457 e. The van der Waals surface area contributed by atoms with E-state index in [4.69, 9.17) is 52.1 Å². The average molecular weight is 764 g/mol. The first-order chi connectivity index (χ1) is 26.6. The quantitative estimate of drug-likeness (QED) is 0.0327. The molecule has 3 rings (SSSR count). The number of nitrogens with zero attached hydrogens (tertiary/aromatic N) is 1. The summed E-state index contributed by atoms with van der Waals surface area (Å²) >= 11 is 0. The molecule has 300 valence electrons. The number of Topliss-reactive ketones (excluding diaryl/α,β-unsaturated/α-hetero) is 1. The first kappa shape index (κ1) is 44.7. The lowest BCUT2D eigenvalue weighted by molar-refractivity contribution is -0.139. The van der Waals surface area contributed by atoms with Crippen LogP contribution >= 0.6 is 0 Å². The molecule has 16 heteroatoms. The third kappa shape index (κ3) is 19.1. The molecular formula is C38H53NO15. The molecule has 2 aromatic carbocycles. The van der Waals surface area contributed by atoms with Gasteiger partial charge in [0.2, 0.25) is 0 Å². The van der Waals surface area contributed by atoms with Crippen LogP contribution in [0.1, 0.15) is 31.1 Å². The minimum Gasteiger partial charge on any atom is -0.457 e. The van der Waals surface area contributed by atoms with Crippen LogP contribution in [0.3, 0.4) is 0 Å². The molecule has 0 saturated heterocycles. The molecule has 0 aliphatic carbocycles. The summed E-state index contributed by atoms with van der Waals surface area (Å²) in [4.78, 5) is 49.5. The molecule has 0 N–H and O–H groups in total. The van der Waals surface area contributed by atoms with E-state index in [1.165, 1.54) is 4.90 Å². The number of fused-ring (bicyclic) bond motifs is 1. The molecule has 2 amide bonds. The fourth-order valence-corrected chi connectivity index (χ4v) is 4.65. The van der Waals surface area contributed by atoms with Crippen molar-refractivity contribution in [2.24, 2.45) is 0 Å². The summed E-state index contributed by atoms with van der Waals surface area (Å²) in [6, 6.07) is 15.0. The molecule has 1 aliphatic heterocycles. The summed E-state index contributed by atoms with van der Waals surface area (Å²) in [6.07, 6.45) is 0. The molecule has 0 fully saturated rings. The molecular weight excluding hydrogens is 710 g/mol. The average Bonchev–Trinajstić information content (AvgIpc) is 3.44. The molecule has 0 saturated carbocycles. The number of amides is 2. The van der Waals surface area contributed by atoms with Crippen LogP contribution in [0.5, 0.6) is 0 Å². The van der Waals surface area contributed by atoms with E-state index in [-0.39, 0.29) is 43.7 Å². The van der Waals surface area contributed by atoms with E-state index in [1.807, 2.05) is 0 Å². The highest BCUT2D eigenvalue weighted by Crippen LogP contribution is 2.21. The van der Waals surface area contributed by atoms with Crippen LogP contribution in [0, 0.1) is 0 Å². The predicted molar refractivity (Wildman–Crippen MR) is 192 cm³/mol. The second kappa shape index (κ2) is 29.6. The maximum Gasteiger partial charge on any atom is 0.379 e. The number of esters is 1. The summed E-state index contributed by atoms with van der Waals surface area (Å²) in [7, 11) is 0. The number of benzene rings is 2. The van der Waals surface area contributed by atoms with Gasteiger partial charge in [-0.1, -0.05) is 42.5 Å². The standard InChI is InChI=1S/C38H53NO15/c40-35(32-6-2-1-3-7-32)38(43)54-31-30-53-29-28-52-27-26-51-25-24-50-23-22-49-21-20-48-19-18-47-17-16-46-15-14-45-13-12-44-11-10-39-36(41)33-8-4-5-9-34(33)37(39)42/h1-9H,10-31H2. The Morgan fingerprint density at radius 3 is 1.04 bits per heavy atom. The lowest BCUT2D eigenvalue weighted by Gasteiger charge is -2.13. The van der Waals surface area contributed by atoms with Crippen molar-refractivity contribution < 1.29 is 71.3 Å². The summed E-state index contributed by atoms with van der Waals surface area (Å²) in [6.45, 7) is 8.27. The van der Waals surface area contributed by atoms with Crippen LogP contribution < -0.4 is 0 Å². The van der Waals surface area contributed by atoms with Crippen molar-refractivity contribution in [3.63, 3.8) is 0 Å². The number of carbonyl (C=O) groups excluding carboxylic acids is 4. The molecule has 0 bridgehead atoms. The molecule has 0 atom stereocenters. The van der Waals surface area contributed by atoms with Gasteiger partial charge in [0, 0.05) is 5.56 Å². The first-order valence-electron chi connectivity index (χ1n) is 18.1.